The first-order valence-electron chi connectivity index (χ1n) is 11.5. The van der Waals surface area contributed by atoms with Crippen LogP contribution in [0.25, 0.3) is 0 Å². The second kappa shape index (κ2) is 11.7. The van der Waals surface area contributed by atoms with Gasteiger partial charge in [0.15, 0.2) is 6.61 Å². The highest BCUT2D eigenvalue weighted by atomic mass is 19.1. The maximum absolute atomic E-state index is 13.2. The van der Waals surface area contributed by atoms with Crippen LogP contribution in [0.4, 0.5) is 4.39 Å². The van der Waals surface area contributed by atoms with Gasteiger partial charge in [-0.25, -0.2) is 4.39 Å². The summed E-state index contributed by atoms with van der Waals surface area (Å²) < 4.78 is 18.7. The summed E-state index contributed by atoms with van der Waals surface area (Å²) in [6.07, 6.45) is 5.94. The summed E-state index contributed by atoms with van der Waals surface area (Å²) >= 11 is 0. The van der Waals surface area contributed by atoms with Crippen LogP contribution in [0.3, 0.4) is 0 Å². The summed E-state index contributed by atoms with van der Waals surface area (Å²) in [7, 11) is 0. The maximum atomic E-state index is 13.2. The molecule has 0 aromatic heterocycles. The molecule has 0 saturated heterocycles. The highest BCUT2D eigenvalue weighted by Gasteiger charge is 2.30. The van der Waals surface area contributed by atoms with Gasteiger partial charge in [0.05, 0.1) is 0 Å². The van der Waals surface area contributed by atoms with E-state index in [1.807, 2.05) is 38.1 Å². The van der Waals surface area contributed by atoms with E-state index >= 15 is 0 Å². The normalized spacial score (nSPS) is 15.1. The van der Waals surface area contributed by atoms with Gasteiger partial charge in [0, 0.05) is 12.6 Å². The van der Waals surface area contributed by atoms with Gasteiger partial charge in [-0.05, 0) is 56.0 Å². The minimum absolute atomic E-state index is 0.109. The van der Waals surface area contributed by atoms with Crippen molar-refractivity contribution in [2.24, 2.45) is 0 Å². The lowest BCUT2D eigenvalue weighted by Crippen LogP contribution is -2.52. The topological polar surface area (TPSA) is 58.6 Å². The highest BCUT2D eigenvalue weighted by Crippen LogP contribution is 2.19. The Hall–Kier alpha value is -2.89. The van der Waals surface area contributed by atoms with Crippen LogP contribution in [-0.4, -0.2) is 35.4 Å². The van der Waals surface area contributed by atoms with E-state index in [9.17, 15) is 14.0 Å². The molecule has 32 heavy (non-hydrogen) atoms. The lowest BCUT2D eigenvalue weighted by molar-refractivity contribution is -0.143. The van der Waals surface area contributed by atoms with Gasteiger partial charge in [-0.2, -0.15) is 0 Å². The standard InChI is InChI=1S/C26H33FN2O3/c1-3-24(26(31)28-22-10-5-4-6-11-22)29(17-20-9-7-8-19(2)16-20)25(30)18-32-23-14-12-21(27)13-15-23/h7-9,12-16,22,24H,3-6,10-11,17-18H2,1-2H3,(H,28,31)/t24-/m1/s1. The molecule has 1 fully saturated rings. The summed E-state index contributed by atoms with van der Waals surface area (Å²) in [5, 5.41) is 3.17. The Balaban J connectivity index is 1.74. The molecule has 2 amide bonds. The number of hydrogen-bond acceptors (Lipinski definition) is 3. The number of ether oxygens (including phenoxy) is 1. The maximum Gasteiger partial charge on any atom is 0.261 e. The van der Waals surface area contributed by atoms with E-state index in [0.717, 1.165) is 36.8 Å². The van der Waals surface area contributed by atoms with Crippen molar-refractivity contribution in [2.45, 2.75) is 71.0 Å². The predicted molar refractivity (Wildman–Crippen MR) is 123 cm³/mol. The first-order valence-corrected chi connectivity index (χ1v) is 11.5. The lowest BCUT2D eigenvalue weighted by atomic mass is 9.95. The Morgan fingerprint density at radius 1 is 1.12 bits per heavy atom. The van der Waals surface area contributed by atoms with Gasteiger partial charge in [0.1, 0.15) is 17.6 Å². The first kappa shape index (κ1) is 23.8. The molecule has 1 aliphatic rings. The Kier molecular flexibility index (Phi) is 8.65. The van der Waals surface area contributed by atoms with Crippen LogP contribution in [0.2, 0.25) is 0 Å². The van der Waals surface area contributed by atoms with E-state index in [4.69, 9.17) is 4.74 Å². The molecule has 0 heterocycles. The SMILES string of the molecule is CC[C@H](C(=O)NC1CCCCC1)N(Cc1cccc(C)c1)C(=O)COc1ccc(F)cc1. The molecule has 172 valence electrons. The molecule has 1 atom stereocenters. The van der Waals surface area contributed by atoms with Gasteiger partial charge in [-0.1, -0.05) is 56.0 Å². The molecule has 6 heteroatoms. The summed E-state index contributed by atoms with van der Waals surface area (Å²) in [5.74, 6) is -0.339. The Morgan fingerprint density at radius 2 is 1.84 bits per heavy atom. The molecule has 0 bridgehead atoms. The van der Waals surface area contributed by atoms with Crippen LogP contribution in [0.15, 0.2) is 48.5 Å². The molecule has 1 aliphatic carbocycles. The summed E-state index contributed by atoms with van der Waals surface area (Å²) in [6.45, 7) is 4.03. The van der Waals surface area contributed by atoms with Gasteiger partial charge >= 0.3 is 0 Å². The number of nitrogens with zero attached hydrogens (tertiary/aromatic N) is 1. The summed E-state index contributed by atoms with van der Waals surface area (Å²) in [5.41, 5.74) is 2.06. The fourth-order valence-corrected chi connectivity index (χ4v) is 4.23. The van der Waals surface area contributed by atoms with Gasteiger partial charge in [0.2, 0.25) is 5.91 Å². The van der Waals surface area contributed by atoms with Gasteiger partial charge in [-0.15, -0.1) is 0 Å². The fraction of sp³-hybridized carbons (Fsp3) is 0.462. The van der Waals surface area contributed by atoms with Gasteiger partial charge in [-0.3, -0.25) is 9.59 Å². The van der Waals surface area contributed by atoms with Crippen molar-refractivity contribution in [3.63, 3.8) is 0 Å². The minimum atomic E-state index is -0.582. The van der Waals surface area contributed by atoms with Crippen LogP contribution in [0, 0.1) is 12.7 Å². The van der Waals surface area contributed by atoms with Crippen molar-refractivity contribution in [1.29, 1.82) is 0 Å². The van der Waals surface area contributed by atoms with Crippen LogP contribution < -0.4 is 10.1 Å². The number of benzene rings is 2. The van der Waals surface area contributed by atoms with E-state index in [-0.39, 0.29) is 30.3 Å². The molecule has 0 radical (unpaired) electrons. The van der Waals surface area contributed by atoms with E-state index in [1.54, 1.807) is 4.90 Å². The molecular formula is C26H33FN2O3. The molecular weight excluding hydrogens is 407 g/mol. The fourth-order valence-electron chi connectivity index (χ4n) is 4.23. The molecule has 1 N–H and O–H groups in total. The smallest absolute Gasteiger partial charge is 0.261 e. The number of carbonyl (C=O) groups is 2. The largest absolute Gasteiger partial charge is 0.484 e. The predicted octanol–water partition coefficient (Wildman–Crippen LogP) is 4.77. The second-order valence-corrected chi connectivity index (χ2v) is 8.52. The van der Waals surface area contributed by atoms with Crippen molar-refractivity contribution in [3.8, 4) is 5.75 Å². The van der Waals surface area contributed by atoms with Gasteiger partial charge in [0.25, 0.3) is 5.91 Å². The van der Waals surface area contributed by atoms with Crippen LogP contribution in [-0.2, 0) is 16.1 Å². The van der Waals surface area contributed by atoms with E-state index in [1.165, 1.54) is 30.7 Å². The molecule has 2 aromatic carbocycles. The molecule has 3 rings (SSSR count). The molecule has 1 saturated carbocycles. The monoisotopic (exact) mass is 440 g/mol. The molecule has 2 aromatic rings. The quantitative estimate of drug-likeness (QED) is 0.611. The van der Waals surface area contributed by atoms with Gasteiger partial charge < -0.3 is 15.0 Å². The van der Waals surface area contributed by atoms with Crippen molar-refractivity contribution < 1.29 is 18.7 Å². The number of halogens is 1. The number of hydrogen-bond donors (Lipinski definition) is 1. The zero-order chi connectivity index (χ0) is 22.9. The van der Waals surface area contributed by atoms with Crippen LogP contribution in [0.5, 0.6) is 5.75 Å². The lowest BCUT2D eigenvalue weighted by Gasteiger charge is -2.32. The Labute approximate surface area is 190 Å². The average molecular weight is 441 g/mol. The van der Waals surface area contributed by atoms with E-state index < -0.39 is 6.04 Å². The Bertz CT molecular complexity index is 894. The zero-order valence-electron chi connectivity index (χ0n) is 19.0. The third-order valence-corrected chi connectivity index (χ3v) is 5.95. The zero-order valence-corrected chi connectivity index (χ0v) is 19.0. The number of aryl methyl sites for hydroxylation is 1. The molecule has 5 nitrogen and oxygen atoms in total. The number of rotatable bonds is 9. The minimum Gasteiger partial charge on any atom is -0.484 e. The molecule has 0 aliphatic heterocycles. The van der Waals surface area contributed by atoms with Crippen molar-refractivity contribution in [2.75, 3.05) is 6.61 Å². The second-order valence-electron chi connectivity index (χ2n) is 8.52. The van der Waals surface area contributed by atoms with Crippen molar-refractivity contribution >= 4 is 11.8 Å². The van der Waals surface area contributed by atoms with E-state index in [0.29, 0.717) is 18.7 Å². The van der Waals surface area contributed by atoms with Crippen molar-refractivity contribution in [1.82, 2.24) is 10.2 Å². The van der Waals surface area contributed by atoms with Crippen molar-refractivity contribution in [3.05, 3.63) is 65.5 Å². The third kappa shape index (κ3) is 6.81. The third-order valence-electron chi connectivity index (χ3n) is 5.95. The highest BCUT2D eigenvalue weighted by molar-refractivity contribution is 5.88. The number of amides is 2. The molecule has 0 unspecified atom stereocenters. The van der Waals surface area contributed by atoms with Crippen LogP contribution in [0.1, 0.15) is 56.6 Å². The van der Waals surface area contributed by atoms with E-state index in [2.05, 4.69) is 5.32 Å². The number of nitrogens with one attached hydrogen (secondary N) is 1. The molecule has 0 spiro atoms. The van der Waals surface area contributed by atoms with Crippen LogP contribution >= 0.6 is 0 Å². The number of carbonyl (C=O) groups excluding carboxylic acids is 2. The summed E-state index contributed by atoms with van der Waals surface area (Å²) in [6, 6.07) is 13.1. The average Bonchev–Trinajstić information content (AvgIpc) is 2.79. The first-order chi connectivity index (χ1) is 15.5. The Morgan fingerprint density at radius 3 is 2.50 bits per heavy atom. The summed E-state index contributed by atoms with van der Waals surface area (Å²) in [4.78, 5) is 28.0.